The number of halogens is 2. The van der Waals surface area contributed by atoms with E-state index in [4.69, 9.17) is 16.7 Å². The van der Waals surface area contributed by atoms with Gasteiger partial charge in [-0.1, -0.05) is 11.8 Å². The predicted molar refractivity (Wildman–Crippen MR) is 50.3 cm³/mol. The van der Waals surface area contributed by atoms with Crippen LogP contribution in [0.15, 0.2) is 18.2 Å². The highest BCUT2D eigenvalue weighted by atomic mass is 35.5. The highest BCUT2D eigenvalue weighted by Gasteiger charge is 1.98. The number of hydrogen-bond donors (Lipinski definition) is 1. The van der Waals surface area contributed by atoms with Crippen molar-refractivity contribution in [3.63, 3.8) is 0 Å². The van der Waals surface area contributed by atoms with Gasteiger partial charge in [-0.05, 0) is 18.2 Å². The molecule has 1 rings (SSSR count). The Morgan fingerprint density at radius 3 is 2.85 bits per heavy atom. The Morgan fingerprint density at radius 2 is 2.23 bits per heavy atom. The van der Waals surface area contributed by atoms with Crippen LogP contribution in [0.5, 0.6) is 5.75 Å². The Morgan fingerprint density at radius 1 is 1.46 bits per heavy atom. The second-order valence-electron chi connectivity index (χ2n) is 2.41. The predicted octanol–water partition coefficient (Wildman–Crippen LogP) is 2.51. The van der Waals surface area contributed by atoms with E-state index in [2.05, 4.69) is 11.8 Å². The third-order valence-electron chi connectivity index (χ3n) is 1.40. The Hall–Kier alpha value is -1.20. The molecule has 0 radical (unpaired) electrons. The number of alkyl halides is 1. The first-order chi connectivity index (χ1) is 6.24. The van der Waals surface area contributed by atoms with Crippen molar-refractivity contribution in [1.29, 1.82) is 0 Å². The van der Waals surface area contributed by atoms with Crippen LogP contribution in [0.25, 0.3) is 0 Å². The minimum absolute atomic E-state index is 0.377. The van der Waals surface area contributed by atoms with Crippen LogP contribution in [0.2, 0.25) is 0 Å². The van der Waals surface area contributed by atoms with Crippen molar-refractivity contribution in [3.05, 3.63) is 29.6 Å². The average molecular weight is 199 g/mol. The lowest BCUT2D eigenvalue weighted by atomic mass is 10.2. The van der Waals surface area contributed by atoms with Gasteiger partial charge in [0.1, 0.15) is 0 Å². The van der Waals surface area contributed by atoms with Crippen LogP contribution in [0.4, 0.5) is 4.39 Å². The number of phenolic OH excluding ortho intramolecular Hbond substituents is 1. The lowest BCUT2D eigenvalue weighted by molar-refractivity contribution is 0.432. The molecule has 0 fully saturated rings. The molecule has 0 aliphatic carbocycles. The molecular formula is C10H8ClFO. The van der Waals surface area contributed by atoms with E-state index in [1.165, 1.54) is 18.2 Å². The van der Waals surface area contributed by atoms with Crippen molar-refractivity contribution >= 4 is 11.6 Å². The molecule has 1 nitrogen and oxygen atoms in total. The van der Waals surface area contributed by atoms with Gasteiger partial charge in [0.2, 0.25) is 0 Å². The van der Waals surface area contributed by atoms with E-state index in [0.717, 1.165) is 0 Å². The molecule has 0 unspecified atom stereocenters. The summed E-state index contributed by atoms with van der Waals surface area (Å²) in [6.45, 7) is 0. The molecule has 0 atom stereocenters. The number of phenols is 1. The van der Waals surface area contributed by atoms with Gasteiger partial charge in [-0.15, -0.1) is 11.6 Å². The second-order valence-corrected chi connectivity index (χ2v) is 2.78. The quantitative estimate of drug-likeness (QED) is 0.543. The van der Waals surface area contributed by atoms with E-state index in [1.54, 1.807) is 0 Å². The van der Waals surface area contributed by atoms with Gasteiger partial charge in [0.15, 0.2) is 11.6 Å². The number of benzene rings is 1. The van der Waals surface area contributed by atoms with Crippen molar-refractivity contribution in [1.82, 2.24) is 0 Å². The Balaban J connectivity index is 2.81. The normalized spacial score (nSPS) is 9.08. The van der Waals surface area contributed by atoms with E-state index < -0.39 is 5.82 Å². The van der Waals surface area contributed by atoms with E-state index in [1.807, 2.05) is 0 Å². The Labute approximate surface area is 81.2 Å². The molecule has 1 aromatic rings. The zero-order valence-electron chi connectivity index (χ0n) is 6.85. The van der Waals surface area contributed by atoms with Crippen LogP contribution in [0, 0.1) is 17.7 Å². The van der Waals surface area contributed by atoms with Gasteiger partial charge in [0, 0.05) is 17.9 Å². The third kappa shape index (κ3) is 2.96. The molecule has 0 heterocycles. The van der Waals surface area contributed by atoms with Crippen LogP contribution >= 0.6 is 11.6 Å². The molecular weight excluding hydrogens is 191 g/mol. The van der Waals surface area contributed by atoms with Gasteiger partial charge in [0.05, 0.1) is 0 Å². The zero-order valence-corrected chi connectivity index (χ0v) is 7.61. The summed E-state index contributed by atoms with van der Waals surface area (Å²) >= 11 is 5.41. The molecule has 0 amide bonds. The number of rotatable bonds is 1. The van der Waals surface area contributed by atoms with Crippen molar-refractivity contribution in [2.24, 2.45) is 0 Å². The van der Waals surface area contributed by atoms with Gasteiger partial charge in [-0.3, -0.25) is 0 Å². The third-order valence-corrected chi connectivity index (χ3v) is 1.59. The van der Waals surface area contributed by atoms with Gasteiger partial charge >= 0.3 is 0 Å². The fourth-order valence-electron chi connectivity index (χ4n) is 0.802. The lowest BCUT2D eigenvalue weighted by Gasteiger charge is -1.94. The molecule has 3 heteroatoms. The standard InChI is InChI=1S/C10H8ClFO/c11-6-2-1-3-8-4-5-9(12)10(13)7-8/h4-5,7,13H,2,6H2. The fourth-order valence-corrected chi connectivity index (χ4v) is 0.897. The lowest BCUT2D eigenvalue weighted by Crippen LogP contribution is -1.79. The van der Waals surface area contributed by atoms with Crippen LogP contribution in [-0.4, -0.2) is 11.0 Å². The van der Waals surface area contributed by atoms with Crippen LogP contribution in [0.3, 0.4) is 0 Å². The molecule has 0 spiro atoms. The first kappa shape index (κ1) is 9.88. The highest BCUT2D eigenvalue weighted by Crippen LogP contribution is 2.15. The van der Waals surface area contributed by atoms with E-state index in [0.29, 0.717) is 17.9 Å². The van der Waals surface area contributed by atoms with Crippen LogP contribution < -0.4 is 0 Å². The monoisotopic (exact) mass is 198 g/mol. The Kier molecular flexibility index (Phi) is 3.60. The van der Waals surface area contributed by atoms with Gasteiger partial charge in [0.25, 0.3) is 0 Å². The Bertz CT molecular complexity index is 352. The van der Waals surface area contributed by atoms with Gasteiger partial charge in [-0.25, -0.2) is 4.39 Å². The summed E-state index contributed by atoms with van der Waals surface area (Å²) in [6, 6.07) is 3.98. The van der Waals surface area contributed by atoms with Crippen LogP contribution in [0.1, 0.15) is 12.0 Å². The molecule has 13 heavy (non-hydrogen) atoms. The van der Waals surface area contributed by atoms with Crippen LogP contribution in [-0.2, 0) is 0 Å². The maximum Gasteiger partial charge on any atom is 0.164 e. The summed E-state index contributed by atoms with van der Waals surface area (Å²) in [5.74, 6) is 4.99. The topological polar surface area (TPSA) is 20.2 Å². The minimum atomic E-state index is -0.636. The first-order valence-electron chi connectivity index (χ1n) is 3.77. The van der Waals surface area contributed by atoms with Crippen molar-refractivity contribution in [3.8, 4) is 17.6 Å². The molecule has 0 saturated heterocycles. The van der Waals surface area contributed by atoms with Crippen molar-refractivity contribution < 1.29 is 9.50 Å². The largest absolute Gasteiger partial charge is 0.505 e. The summed E-state index contributed by atoms with van der Waals surface area (Å²) in [5, 5.41) is 8.99. The average Bonchev–Trinajstić information content (AvgIpc) is 2.12. The molecule has 68 valence electrons. The summed E-state index contributed by atoms with van der Waals surface area (Å²) in [5.41, 5.74) is 0.587. The summed E-state index contributed by atoms with van der Waals surface area (Å²) in [4.78, 5) is 0. The van der Waals surface area contributed by atoms with Gasteiger partial charge in [-0.2, -0.15) is 0 Å². The van der Waals surface area contributed by atoms with E-state index in [-0.39, 0.29) is 5.75 Å². The maximum atomic E-state index is 12.6. The molecule has 0 saturated carbocycles. The summed E-state index contributed by atoms with van der Waals surface area (Å²) < 4.78 is 12.6. The highest BCUT2D eigenvalue weighted by molar-refractivity contribution is 6.18. The SMILES string of the molecule is Oc1cc(C#CCCCl)ccc1F. The summed E-state index contributed by atoms with van der Waals surface area (Å²) in [6.07, 6.45) is 0.583. The second kappa shape index (κ2) is 4.74. The van der Waals surface area contributed by atoms with E-state index in [9.17, 15) is 4.39 Å². The molecule has 0 bridgehead atoms. The maximum absolute atomic E-state index is 12.6. The minimum Gasteiger partial charge on any atom is -0.505 e. The van der Waals surface area contributed by atoms with Crippen molar-refractivity contribution in [2.75, 3.05) is 5.88 Å². The van der Waals surface area contributed by atoms with E-state index >= 15 is 0 Å². The first-order valence-corrected chi connectivity index (χ1v) is 4.31. The molecule has 1 N–H and O–H groups in total. The van der Waals surface area contributed by atoms with Gasteiger partial charge < -0.3 is 5.11 Å². The molecule has 0 aliphatic heterocycles. The molecule has 1 aromatic carbocycles. The fraction of sp³-hybridized carbons (Fsp3) is 0.200. The number of hydrogen-bond acceptors (Lipinski definition) is 1. The molecule has 0 aromatic heterocycles. The smallest absolute Gasteiger partial charge is 0.164 e. The number of aromatic hydroxyl groups is 1. The molecule has 0 aliphatic rings. The summed E-state index contributed by atoms with van der Waals surface area (Å²) in [7, 11) is 0. The zero-order chi connectivity index (χ0) is 9.68. The van der Waals surface area contributed by atoms with Crippen molar-refractivity contribution in [2.45, 2.75) is 6.42 Å².